The van der Waals surface area contributed by atoms with Crippen LogP contribution in [0.15, 0.2) is 67.0 Å². The number of aryl methyl sites for hydroxylation is 1. The maximum atomic E-state index is 13.7. The summed E-state index contributed by atoms with van der Waals surface area (Å²) in [6, 6.07) is 17.9. The Hall–Kier alpha value is -3.38. The predicted octanol–water partition coefficient (Wildman–Crippen LogP) is 5.70. The Kier molecular flexibility index (Phi) is 6.34. The zero-order valence-corrected chi connectivity index (χ0v) is 23.5. The standard InChI is InChI=1S/C33H35ClN4O2/c34-28-4-2-1-3-27(28)33(11-12-33)31(40)36-29-8-7-23-5-6-24(21-26(23)29)30(39)38-20-15-32(22-38)13-18-37(19-14-32)25-9-16-35-17-10-25/h1-6,9-10,16-17,21,29H,7-8,11-15,18-20,22H2,(H,36,40)/t29-/m1/s1. The number of anilines is 1. The largest absolute Gasteiger partial charge is 0.371 e. The molecule has 1 saturated carbocycles. The molecule has 0 radical (unpaired) electrons. The fourth-order valence-corrected chi connectivity index (χ4v) is 7.58. The molecule has 40 heavy (non-hydrogen) atoms. The molecule has 3 fully saturated rings. The fraction of sp³-hybridized carbons (Fsp3) is 0.424. The van der Waals surface area contributed by atoms with Crippen molar-refractivity contribution in [3.05, 3.63) is 94.3 Å². The van der Waals surface area contributed by atoms with Crippen LogP contribution in [0.4, 0.5) is 5.69 Å². The normalized spacial score (nSPS) is 22.3. The van der Waals surface area contributed by atoms with Gasteiger partial charge >= 0.3 is 0 Å². The van der Waals surface area contributed by atoms with Gasteiger partial charge in [-0.3, -0.25) is 14.6 Å². The molecule has 0 bridgehead atoms. The molecule has 6 nitrogen and oxygen atoms in total. The number of carbonyl (C=O) groups is 2. The van der Waals surface area contributed by atoms with Crippen LogP contribution in [0.25, 0.3) is 0 Å². The highest BCUT2D eigenvalue weighted by Crippen LogP contribution is 2.51. The van der Waals surface area contributed by atoms with Gasteiger partial charge in [0.2, 0.25) is 5.91 Å². The molecule has 2 saturated heterocycles. The molecule has 1 atom stereocenters. The van der Waals surface area contributed by atoms with Gasteiger partial charge in [-0.25, -0.2) is 0 Å². The van der Waals surface area contributed by atoms with Crippen LogP contribution in [-0.2, 0) is 16.6 Å². The van der Waals surface area contributed by atoms with Crippen LogP contribution in [0, 0.1) is 5.41 Å². The lowest BCUT2D eigenvalue weighted by molar-refractivity contribution is -0.124. The number of nitrogens with zero attached hydrogens (tertiary/aromatic N) is 3. The van der Waals surface area contributed by atoms with Crippen LogP contribution in [0.1, 0.15) is 71.6 Å². The Labute approximate surface area is 240 Å². The average Bonchev–Trinajstić information content (AvgIpc) is 3.56. The smallest absolute Gasteiger partial charge is 0.253 e. The molecule has 206 valence electrons. The van der Waals surface area contributed by atoms with Crippen LogP contribution < -0.4 is 10.2 Å². The van der Waals surface area contributed by atoms with Crippen LogP contribution >= 0.6 is 11.6 Å². The van der Waals surface area contributed by atoms with Crippen LogP contribution in [-0.4, -0.2) is 47.9 Å². The van der Waals surface area contributed by atoms with Crippen molar-refractivity contribution in [3.63, 3.8) is 0 Å². The minimum absolute atomic E-state index is 0.0507. The third-order valence-electron chi connectivity index (χ3n) is 9.93. The maximum Gasteiger partial charge on any atom is 0.253 e. The summed E-state index contributed by atoms with van der Waals surface area (Å²) in [6.45, 7) is 3.67. The molecule has 2 aromatic carbocycles. The van der Waals surface area contributed by atoms with Crippen LogP contribution in [0.3, 0.4) is 0 Å². The van der Waals surface area contributed by atoms with E-state index in [4.69, 9.17) is 11.6 Å². The Morgan fingerprint density at radius 1 is 0.925 bits per heavy atom. The SMILES string of the molecule is O=C(c1ccc2c(c1)[C@H](NC(=O)C1(c3ccccc3Cl)CC1)CC2)N1CCC2(CCN(c3ccncc3)CC2)C1. The van der Waals surface area contributed by atoms with Crippen molar-refractivity contribution >= 4 is 29.1 Å². The second-order valence-corrected chi connectivity index (χ2v) is 12.6. The van der Waals surface area contributed by atoms with E-state index in [9.17, 15) is 9.59 Å². The summed E-state index contributed by atoms with van der Waals surface area (Å²) in [6.07, 6.45) is 10.4. The number of likely N-dealkylation sites (tertiary alicyclic amines) is 1. The van der Waals surface area contributed by atoms with Crippen molar-refractivity contribution in [3.8, 4) is 0 Å². The average molecular weight is 555 g/mol. The van der Waals surface area contributed by atoms with Crippen molar-refractivity contribution in [2.45, 2.75) is 56.4 Å². The zero-order valence-electron chi connectivity index (χ0n) is 22.7. The van der Waals surface area contributed by atoms with Gasteiger partial charge in [0.1, 0.15) is 0 Å². The van der Waals surface area contributed by atoms with Crippen LogP contribution in [0.5, 0.6) is 0 Å². The van der Waals surface area contributed by atoms with Crippen molar-refractivity contribution in [1.82, 2.24) is 15.2 Å². The zero-order chi connectivity index (χ0) is 27.3. The van der Waals surface area contributed by atoms with E-state index in [0.29, 0.717) is 5.02 Å². The highest BCUT2D eigenvalue weighted by Gasteiger charge is 2.53. The Morgan fingerprint density at radius 3 is 2.42 bits per heavy atom. The Morgan fingerprint density at radius 2 is 1.68 bits per heavy atom. The van der Waals surface area contributed by atoms with E-state index in [0.717, 1.165) is 87.8 Å². The summed E-state index contributed by atoms with van der Waals surface area (Å²) in [5.41, 5.74) is 4.90. The third-order valence-corrected chi connectivity index (χ3v) is 10.3. The lowest BCUT2D eigenvalue weighted by Crippen LogP contribution is -2.42. The summed E-state index contributed by atoms with van der Waals surface area (Å²) in [5, 5.41) is 3.99. The lowest BCUT2D eigenvalue weighted by Gasteiger charge is -2.40. The molecule has 0 unspecified atom stereocenters. The molecular weight excluding hydrogens is 520 g/mol. The maximum absolute atomic E-state index is 13.7. The molecule has 1 aromatic heterocycles. The van der Waals surface area contributed by atoms with Crippen molar-refractivity contribution in [2.75, 3.05) is 31.1 Å². The highest BCUT2D eigenvalue weighted by molar-refractivity contribution is 6.31. The van der Waals surface area contributed by atoms with Crippen molar-refractivity contribution < 1.29 is 9.59 Å². The number of fused-ring (bicyclic) bond motifs is 1. The number of carbonyl (C=O) groups excluding carboxylic acids is 2. The van der Waals surface area contributed by atoms with E-state index < -0.39 is 5.41 Å². The van der Waals surface area contributed by atoms with Gasteiger partial charge in [-0.2, -0.15) is 0 Å². The van der Waals surface area contributed by atoms with Gasteiger partial charge in [-0.05, 0) is 97.4 Å². The van der Waals surface area contributed by atoms with Crippen molar-refractivity contribution in [1.29, 1.82) is 0 Å². The summed E-state index contributed by atoms with van der Waals surface area (Å²) < 4.78 is 0. The molecular formula is C33H35ClN4O2. The highest BCUT2D eigenvalue weighted by atomic mass is 35.5. The number of halogens is 1. The fourth-order valence-electron chi connectivity index (χ4n) is 7.27. The van der Waals surface area contributed by atoms with Crippen LogP contribution in [0.2, 0.25) is 5.02 Å². The number of aromatic nitrogens is 1. The number of hydrogen-bond donors (Lipinski definition) is 1. The number of hydrogen-bond acceptors (Lipinski definition) is 4. The first kappa shape index (κ1) is 25.6. The Bertz CT molecular complexity index is 1450. The molecule has 7 rings (SSSR count). The van der Waals surface area contributed by atoms with Gasteiger partial charge in [0.05, 0.1) is 11.5 Å². The molecule has 7 heteroatoms. The van der Waals surface area contributed by atoms with E-state index in [1.165, 1.54) is 11.3 Å². The first-order valence-corrected chi connectivity index (χ1v) is 15.0. The molecule has 1 N–H and O–H groups in total. The lowest BCUT2D eigenvalue weighted by atomic mass is 9.77. The Balaban J connectivity index is 1.02. The first-order chi connectivity index (χ1) is 19.5. The molecule has 2 aliphatic heterocycles. The molecule has 4 aliphatic rings. The predicted molar refractivity (Wildman–Crippen MR) is 157 cm³/mol. The van der Waals surface area contributed by atoms with E-state index in [2.05, 4.69) is 38.3 Å². The number of amides is 2. The number of rotatable bonds is 5. The molecule has 3 aromatic rings. The van der Waals surface area contributed by atoms with Gasteiger partial charge in [0.15, 0.2) is 0 Å². The van der Waals surface area contributed by atoms with Gasteiger partial charge in [-0.1, -0.05) is 35.9 Å². The van der Waals surface area contributed by atoms with E-state index in [1.807, 2.05) is 48.8 Å². The molecule has 2 amide bonds. The van der Waals surface area contributed by atoms with Gasteiger partial charge in [-0.15, -0.1) is 0 Å². The topological polar surface area (TPSA) is 65.5 Å². The van der Waals surface area contributed by atoms with E-state index in [1.54, 1.807) is 0 Å². The van der Waals surface area contributed by atoms with Gasteiger partial charge < -0.3 is 15.1 Å². The monoisotopic (exact) mass is 554 g/mol. The minimum atomic E-state index is -0.522. The number of benzene rings is 2. The summed E-state index contributed by atoms with van der Waals surface area (Å²) in [4.78, 5) is 35.8. The van der Waals surface area contributed by atoms with Gasteiger partial charge in [0.25, 0.3) is 5.91 Å². The summed E-state index contributed by atoms with van der Waals surface area (Å²) in [5.74, 6) is 0.165. The quantitative estimate of drug-likeness (QED) is 0.439. The molecule has 2 aliphatic carbocycles. The number of nitrogens with one attached hydrogen (secondary N) is 1. The summed E-state index contributed by atoms with van der Waals surface area (Å²) in [7, 11) is 0. The second kappa shape index (κ2) is 9.91. The molecule has 1 spiro atoms. The van der Waals surface area contributed by atoms with Crippen molar-refractivity contribution in [2.24, 2.45) is 5.41 Å². The first-order valence-electron chi connectivity index (χ1n) is 14.6. The van der Waals surface area contributed by atoms with Gasteiger partial charge in [0, 0.05) is 54.8 Å². The van der Waals surface area contributed by atoms with E-state index >= 15 is 0 Å². The number of piperidine rings is 1. The van der Waals surface area contributed by atoms with E-state index in [-0.39, 0.29) is 23.3 Å². The number of pyridine rings is 1. The second-order valence-electron chi connectivity index (χ2n) is 12.2. The minimum Gasteiger partial charge on any atom is -0.371 e. The molecule has 3 heterocycles. The summed E-state index contributed by atoms with van der Waals surface area (Å²) >= 11 is 6.47. The third kappa shape index (κ3) is 4.46.